The fraction of sp³-hybridized carbons (Fsp3) is 0.647. The van der Waals surface area contributed by atoms with Crippen LogP contribution in [0.4, 0.5) is 0 Å². The Balaban J connectivity index is 1.92. The lowest BCUT2D eigenvalue weighted by molar-refractivity contribution is 0.0222. The monoisotopic (exact) mass is 277 g/mol. The number of benzene rings is 1. The van der Waals surface area contributed by atoms with Crippen molar-refractivity contribution in [1.82, 2.24) is 5.32 Å². The minimum Gasteiger partial charge on any atom is -0.381 e. The van der Waals surface area contributed by atoms with Gasteiger partial charge in [-0.15, -0.1) is 0 Å². The first-order valence-corrected chi connectivity index (χ1v) is 7.54. The van der Waals surface area contributed by atoms with Crippen LogP contribution in [-0.4, -0.2) is 31.9 Å². The van der Waals surface area contributed by atoms with Crippen molar-refractivity contribution in [3.63, 3.8) is 0 Å². The first-order valence-electron chi connectivity index (χ1n) is 7.54. The molecule has 1 aliphatic heterocycles. The van der Waals surface area contributed by atoms with E-state index in [4.69, 9.17) is 9.47 Å². The highest BCUT2D eigenvalue weighted by molar-refractivity contribution is 5.18. The molecule has 1 aliphatic rings. The Hall–Kier alpha value is -0.900. The van der Waals surface area contributed by atoms with Gasteiger partial charge in [0.2, 0.25) is 0 Å². The van der Waals surface area contributed by atoms with E-state index in [1.807, 2.05) is 6.07 Å². The molecule has 1 N–H and O–H groups in total. The molecule has 0 aromatic heterocycles. The Morgan fingerprint density at radius 3 is 2.65 bits per heavy atom. The third-order valence-electron chi connectivity index (χ3n) is 3.55. The van der Waals surface area contributed by atoms with Crippen LogP contribution in [0, 0.1) is 5.92 Å². The van der Waals surface area contributed by atoms with E-state index in [0.29, 0.717) is 5.92 Å². The summed E-state index contributed by atoms with van der Waals surface area (Å²) in [4.78, 5) is 0. The van der Waals surface area contributed by atoms with Crippen molar-refractivity contribution in [2.24, 2.45) is 5.92 Å². The molecule has 1 heterocycles. The van der Waals surface area contributed by atoms with Crippen LogP contribution in [0.3, 0.4) is 0 Å². The average Bonchev–Trinajstić information content (AvgIpc) is 2.92. The van der Waals surface area contributed by atoms with Crippen LogP contribution >= 0.6 is 0 Å². The van der Waals surface area contributed by atoms with E-state index in [1.165, 1.54) is 5.56 Å². The lowest BCUT2D eigenvalue weighted by atomic mass is 10.1. The minimum absolute atomic E-state index is 0.104. The van der Waals surface area contributed by atoms with Gasteiger partial charge in [0.15, 0.2) is 0 Å². The molecule has 0 spiro atoms. The largest absolute Gasteiger partial charge is 0.381 e. The molecule has 0 saturated carbocycles. The molecule has 1 saturated heterocycles. The van der Waals surface area contributed by atoms with Gasteiger partial charge in [0.1, 0.15) is 0 Å². The Kier molecular flexibility index (Phi) is 5.58. The van der Waals surface area contributed by atoms with Gasteiger partial charge in [-0.05, 0) is 32.8 Å². The highest BCUT2D eigenvalue weighted by atomic mass is 16.5. The maximum Gasteiger partial charge on any atom is 0.0949 e. The van der Waals surface area contributed by atoms with Gasteiger partial charge >= 0.3 is 0 Å². The van der Waals surface area contributed by atoms with E-state index in [2.05, 4.69) is 50.4 Å². The highest BCUT2D eigenvalue weighted by Gasteiger charge is 2.20. The molecule has 112 valence electrons. The summed E-state index contributed by atoms with van der Waals surface area (Å²) in [5.41, 5.74) is 1.34. The van der Waals surface area contributed by atoms with Crippen LogP contribution < -0.4 is 5.32 Å². The second-order valence-electron chi connectivity index (χ2n) is 6.59. The van der Waals surface area contributed by atoms with Crippen LogP contribution in [-0.2, 0) is 9.47 Å². The fourth-order valence-corrected chi connectivity index (χ4v) is 2.31. The quantitative estimate of drug-likeness (QED) is 0.866. The summed E-state index contributed by atoms with van der Waals surface area (Å²) in [6, 6.07) is 10.5. The Morgan fingerprint density at radius 2 is 2.05 bits per heavy atom. The van der Waals surface area contributed by atoms with E-state index in [1.54, 1.807) is 0 Å². The number of rotatable bonds is 6. The van der Waals surface area contributed by atoms with Crippen molar-refractivity contribution in [1.29, 1.82) is 0 Å². The van der Waals surface area contributed by atoms with Crippen LogP contribution in [0.5, 0.6) is 0 Å². The first-order chi connectivity index (χ1) is 9.54. The molecule has 20 heavy (non-hydrogen) atoms. The van der Waals surface area contributed by atoms with Gasteiger partial charge in [-0.3, -0.25) is 0 Å². The van der Waals surface area contributed by atoms with Gasteiger partial charge in [0.25, 0.3) is 0 Å². The summed E-state index contributed by atoms with van der Waals surface area (Å²) < 4.78 is 11.6. The van der Waals surface area contributed by atoms with Gasteiger partial charge in [0, 0.05) is 24.6 Å². The topological polar surface area (TPSA) is 30.5 Å². The standard InChI is InChI=1S/C17H27NO2/c1-17(2,3)18-11-16(15-7-5-4-6-8-15)20-13-14-9-10-19-12-14/h4-8,14,16,18H,9-13H2,1-3H3. The maximum atomic E-state index is 6.16. The van der Waals surface area contributed by atoms with Crippen molar-refractivity contribution in [3.8, 4) is 0 Å². The van der Waals surface area contributed by atoms with Crippen molar-refractivity contribution >= 4 is 0 Å². The first kappa shape index (κ1) is 15.5. The number of hydrogen-bond donors (Lipinski definition) is 1. The molecule has 3 heteroatoms. The third kappa shape index (κ3) is 5.23. The zero-order valence-corrected chi connectivity index (χ0v) is 12.9. The molecule has 2 atom stereocenters. The summed E-state index contributed by atoms with van der Waals surface area (Å²) in [5, 5.41) is 3.54. The van der Waals surface area contributed by atoms with Crippen molar-refractivity contribution in [2.75, 3.05) is 26.4 Å². The Morgan fingerprint density at radius 1 is 1.30 bits per heavy atom. The molecule has 2 rings (SSSR count). The summed E-state index contributed by atoms with van der Waals surface area (Å²) in [6.45, 7) is 9.88. The zero-order chi connectivity index (χ0) is 14.4. The van der Waals surface area contributed by atoms with E-state index in [0.717, 1.165) is 32.8 Å². The maximum absolute atomic E-state index is 6.16. The van der Waals surface area contributed by atoms with Gasteiger partial charge < -0.3 is 14.8 Å². The number of nitrogens with one attached hydrogen (secondary N) is 1. The SMILES string of the molecule is CC(C)(C)NCC(OCC1CCOC1)c1ccccc1. The molecular weight excluding hydrogens is 250 g/mol. The second-order valence-corrected chi connectivity index (χ2v) is 6.59. The Labute approximate surface area is 122 Å². The van der Waals surface area contributed by atoms with Crippen LogP contribution in [0.2, 0.25) is 0 Å². The molecular formula is C17H27NO2. The lowest BCUT2D eigenvalue weighted by Crippen LogP contribution is -2.39. The molecule has 0 aliphatic carbocycles. The van der Waals surface area contributed by atoms with Gasteiger partial charge in [-0.2, -0.15) is 0 Å². The molecule has 1 fully saturated rings. The zero-order valence-electron chi connectivity index (χ0n) is 12.9. The molecule has 3 nitrogen and oxygen atoms in total. The summed E-state index contributed by atoms with van der Waals surface area (Å²) in [5.74, 6) is 0.552. The van der Waals surface area contributed by atoms with E-state index in [9.17, 15) is 0 Å². The van der Waals surface area contributed by atoms with Crippen LogP contribution in [0.25, 0.3) is 0 Å². The predicted molar refractivity (Wildman–Crippen MR) is 81.8 cm³/mol. The summed E-state index contributed by atoms with van der Waals surface area (Å²) in [7, 11) is 0. The van der Waals surface area contributed by atoms with Crippen molar-refractivity contribution < 1.29 is 9.47 Å². The van der Waals surface area contributed by atoms with E-state index < -0.39 is 0 Å². The van der Waals surface area contributed by atoms with Gasteiger partial charge in [0.05, 0.1) is 19.3 Å². The normalized spacial score (nSPS) is 21.1. The van der Waals surface area contributed by atoms with E-state index >= 15 is 0 Å². The van der Waals surface area contributed by atoms with Crippen LogP contribution in [0.15, 0.2) is 30.3 Å². The average molecular weight is 277 g/mol. The summed E-state index contributed by atoms with van der Waals surface area (Å²) in [6.07, 6.45) is 1.23. The van der Waals surface area contributed by atoms with Gasteiger partial charge in [-0.25, -0.2) is 0 Å². The predicted octanol–water partition coefficient (Wildman–Crippen LogP) is 3.17. The minimum atomic E-state index is 0.104. The molecule has 0 amide bonds. The molecule has 1 aromatic carbocycles. The molecule has 0 bridgehead atoms. The smallest absolute Gasteiger partial charge is 0.0949 e. The van der Waals surface area contributed by atoms with Gasteiger partial charge in [-0.1, -0.05) is 30.3 Å². The highest BCUT2D eigenvalue weighted by Crippen LogP contribution is 2.21. The van der Waals surface area contributed by atoms with E-state index in [-0.39, 0.29) is 11.6 Å². The second kappa shape index (κ2) is 7.21. The summed E-state index contributed by atoms with van der Waals surface area (Å²) >= 11 is 0. The fourth-order valence-electron chi connectivity index (χ4n) is 2.31. The van der Waals surface area contributed by atoms with Crippen molar-refractivity contribution in [2.45, 2.75) is 38.8 Å². The molecule has 0 radical (unpaired) electrons. The third-order valence-corrected chi connectivity index (χ3v) is 3.55. The lowest BCUT2D eigenvalue weighted by Gasteiger charge is -2.26. The number of hydrogen-bond acceptors (Lipinski definition) is 3. The molecule has 2 unspecified atom stereocenters. The van der Waals surface area contributed by atoms with Crippen LogP contribution in [0.1, 0.15) is 38.9 Å². The number of ether oxygens (including phenoxy) is 2. The Bertz CT molecular complexity index is 380. The molecule has 1 aromatic rings. The van der Waals surface area contributed by atoms with Crippen molar-refractivity contribution in [3.05, 3.63) is 35.9 Å².